The standard InChI is InChI=1S/C35H37N3O/c1-25-26(2)36-34-16-15-28(24-33(25)34)22-27-8-5-12-31(23-27)35(39)38-20-18-37(19-21-38)17-7-13-30-11-6-10-29-9-3-4-14-32(29)30/h3-6,8-12,14-16,23-24,36H,7,13,17-22H2,1-2H3. The number of rotatable bonds is 7. The average Bonchev–Trinajstić information content (AvgIpc) is 3.26. The quantitative estimate of drug-likeness (QED) is 0.256. The summed E-state index contributed by atoms with van der Waals surface area (Å²) in [5.74, 6) is 0.153. The largest absolute Gasteiger partial charge is 0.358 e. The number of aryl methyl sites for hydroxylation is 3. The Balaban J connectivity index is 1.03. The number of hydrogen-bond donors (Lipinski definition) is 1. The van der Waals surface area contributed by atoms with Gasteiger partial charge in [-0.05, 0) is 96.9 Å². The number of nitrogens with zero attached hydrogens (tertiary/aromatic N) is 2. The maximum atomic E-state index is 13.4. The molecule has 4 nitrogen and oxygen atoms in total. The molecular formula is C35H37N3O. The van der Waals surface area contributed by atoms with E-state index in [1.807, 2.05) is 17.0 Å². The monoisotopic (exact) mass is 515 g/mol. The van der Waals surface area contributed by atoms with E-state index in [4.69, 9.17) is 0 Å². The maximum absolute atomic E-state index is 13.4. The fraction of sp³-hybridized carbons (Fsp3) is 0.286. The first-order valence-corrected chi connectivity index (χ1v) is 14.2. The van der Waals surface area contributed by atoms with Crippen LogP contribution in [0.15, 0.2) is 84.9 Å². The van der Waals surface area contributed by atoms with Crippen molar-refractivity contribution in [1.82, 2.24) is 14.8 Å². The molecule has 0 aliphatic carbocycles. The molecule has 1 aromatic heterocycles. The van der Waals surface area contributed by atoms with Crippen molar-refractivity contribution in [1.29, 1.82) is 0 Å². The molecule has 1 fully saturated rings. The van der Waals surface area contributed by atoms with Gasteiger partial charge in [0.2, 0.25) is 0 Å². The summed E-state index contributed by atoms with van der Waals surface area (Å²) >= 11 is 0. The van der Waals surface area contributed by atoms with Crippen molar-refractivity contribution in [2.75, 3.05) is 32.7 Å². The van der Waals surface area contributed by atoms with Crippen LogP contribution in [0.3, 0.4) is 0 Å². The van der Waals surface area contributed by atoms with E-state index < -0.39 is 0 Å². The third kappa shape index (κ3) is 5.48. The Morgan fingerprint density at radius 2 is 1.56 bits per heavy atom. The fourth-order valence-corrected chi connectivity index (χ4v) is 6.03. The third-order valence-corrected chi connectivity index (χ3v) is 8.41. The maximum Gasteiger partial charge on any atom is 0.253 e. The van der Waals surface area contributed by atoms with Gasteiger partial charge in [0.15, 0.2) is 0 Å². The molecule has 0 saturated carbocycles. The van der Waals surface area contributed by atoms with Crippen LogP contribution in [0.5, 0.6) is 0 Å². The molecule has 2 heterocycles. The minimum atomic E-state index is 0.153. The molecule has 198 valence electrons. The number of H-pyrrole nitrogens is 1. The number of carbonyl (C=O) groups is 1. The average molecular weight is 516 g/mol. The van der Waals surface area contributed by atoms with Crippen LogP contribution < -0.4 is 0 Å². The Morgan fingerprint density at radius 3 is 2.44 bits per heavy atom. The van der Waals surface area contributed by atoms with E-state index >= 15 is 0 Å². The number of aromatic nitrogens is 1. The molecule has 1 N–H and O–H groups in total. The van der Waals surface area contributed by atoms with E-state index in [-0.39, 0.29) is 5.91 Å². The molecule has 1 amide bonds. The van der Waals surface area contributed by atoms with Crippen molar-refractivity contribution in [3.8, 4) is 0 Å². The van der Waals surface area contributed by atoms with Gasteiger partial charge in [-0.2, -0.15) is 0 Å². The highest BCUT2D eigenvalue weighted by molar-refractivity contribution is 5.94. The normalized spacial score (nSPS) is 14.4. The highest BCUT2D eigenvalue weighted by Crippen LogP contribution is 2.24. The van der Waals surface area contributed by atoms with Crippen molar-refractivity contribution in [2.45, 2.75) is 33.1 Å². The Labute approximate surface area is 231 Å². The van der Waals surface area contributed by atoms with Gasteiger partial charge in [0, 0.05) is 48.3 Å². The van der Waals surface area contributed by atoms with Gasteiger partial charge in [0.1, 0.15) is 0 Å². The van der Waals surface area contributed by atoms with Crippen LogP contribution in [0.1, 0.15) is 44.7 Å². The molecule has 0 bridgehead atoms. The summed E-state index contributed by atoms with van der Waals surface area (Å²) in [7, 11) is 0. The van der Waals surface area contributed by atoms with Crippen molar-refractivity contribution in [2.24, 2.45) is 0 Å². The Kier molecular flexibility index (Phi) is 7.21. The Hall–Kier alpha value is -3.89. The topological polar surface area (TPSA) is 39.3 Å². The summed E-state index contributed by atoms with van der Waals surface area (Å²) in [6.45, 7) is 8.83. The molecule has 6 rings (SSSR count). The molecule has 1 aliphatic heterocycles. The third-order valence-electron chi connectivity index (χ3n) is 8.41. The molecule has 0 spiro atoms. The van der Waals surface area contributed by atoms with Crippen molar-refractivity contribution >= 4 is 27.6 Å². The number of hydrogen-bond acceptors (Lipinski definition) is 2. The van der Waals surface area contributed by atoms with E-state index in [9.17, 15) is 4.79 Å². The van der Waals surface area contributed by atoms with Crippen LogP contribution in [0.2, 0.25) is 0 Å². The molecule has 4 aromatic carbocycles. The lowest BCUT2D eigenvalue weighted by atomic mass is 10.00. The molecule has 0 radical (unpaired) electrons. The van der Waals surface area contributed by atoms with Crippen molar-refractivity contribution < 1.29 is 4.79 Å². The van der Waals surface area contributed by atoms with Crippen LogP contribution in [-0.4, -0.2) is 53.4 Å². The van der Waals surface area contributed by atoms with Gasteiger partial charge < -0.3 is 9.88 Å². The fourth-order valence-electron chi connectivity index (χ4n) is 6.03. The summed E-state index contributed by atoms with van der Waals surface area (Å²) < 4.78 is 0. The molecular weight excluding hydrogens is 478 g/mol. The number of carbonyl (C=O) groups excluding carboxylic acids is 1. The predicted octanol–water partition coefficient (Wildman–Crippen LogP) is 6.92. The molecule has 4 heteroatoms. The van der Waals surface area contributed by atoms with Gasteiger partial charge in [-0.1, -0.05) is 60.7 Å². The van der Waals surface area contributed by atoms with Crippen molar-refractivity contribution in [3.63, 3.8) is 0 Å². The summed E-state index contributed by atoms with van der Waals surface area (Å²) in [5, 5.41) is 3.97. The van der Waals surface area contributed by atoms with Gasteiger partial charge >= 0.3 is 0 Å². The Morgan fingerprint density at radius 1 is 0.795 bits per heavy atom. The lowest BCUT2D eigenvalue weighted by molar-refractivity contribution is 0.0636. The van der Waals surface area contributed by atoms with Gasteiger partial charge in [-0.3, -0.25) is 9.69 Å². The van der Waals surface area contributed by atoms with Crippen molar-refractivity contribution in [3.05, 3.63) is 118 Å². The molecule has 1 saturated heterocycles. The zero-order valence-corrected chi connectivity index (χ0v) is 23.0. The number of fused-ring (bicyclic) bond motifs is 2. The molecule has 0 unspecified atom stereocenters. The minimum absolute atomic E-state index is 0.153. The predicted molar refractivity (Wildman–Crippen MR) is 162 cm³/mol. The number of amides is 1. The first-order valence-electron chi connectivity index (χ1n) is 14.2. The second-order valence-electron chi connectivity index (χ2n) is 11.0. The van der Waals surface area contributed by atoms with Gasteiger partial charge in [-0.15, -0.1) is 0 Å². The van der Waals surface area contributed by atoms with Gasteiger partial charge in [-0.25, -0.2) is 0 Å². The number of aromatic amines is 1. The highest BCUT2D eigenvalue weighted by atomic mass is 16.2. The van der Waals surface area contributed by atoms with Crippen LogP contribution in [0, 0.1) is 13.8 Å². The van der Waals surface area contributed by atoms with Crippen LogP contribution >= 0.6 is 0 Å². The summed E-state index contributed by atoms with van der Waals surface area (Å²) in [6.07, 6.45) is 3.05. The van der Waals surface area contributed by atoms with E-state index in [0.717, 1.165) is 57.5 Å². The molecule has 39 heavy (non-hydrogen) atoms. The molecule has 0 atom stereocenters. The van der Waals surface area contributed by atoms with Crippen LogP contribution in [-0.2, 0) is 12.8 Å². The van der Waals surface area contributed by atoms with Gasteiger partial charge in [0.05, 0.1) is 0 Å². The van der Waals surface area contributed by atoms with Crippen LogP contribution in [0.25, 0.3) is 21.7 Å². The number of piperazine rings is 1. The lowest BCUT2D eigenvalue weighted by Crippen LogP contribution is -2.48. The Bertz CT molecular complexity index is 1620. The van der Waals surface area contributed by atoms with Gasteiger partial charge in [0.25, 0.3) is 5.91 Å². The smallest absolute Gasteiger partial charge is 0.253 e. The first kappa shape index (κ1) is 25.4. The highest BCUT2D eigenvalue weighted by Gasteiger charge is 2.22. The SMILES string of the molecule is Cc1[nH]c2ccc(Cc3cccc(C(=O)N4CCN(CCCc5cccc6ccccc56)CC4)c3)cc2c1C. The van der Waals surface area contributed by atoms with E-state index in [0.29, 0.717) is 0 Å². The zero-order valence-electron chi connectivity index (χ0n) is 23.0. The first-order chi connectivity index (χ1) is 19.0. The second-order valence-corrected chi connectivity index (χ2v) is 11.0. The van der Waals surface area contributed by atoms with E-state index in [1.165, 1.54) is 49.6 Å². The molecule has 1 aliphatic rings. The number of benzene rings is 4. The number of nitrogens with one attached hydrogen (secondary N) is 1. The zero-order chi connectivity index (χ0) is 26.8. The summed E-state index contributed by atoms with van der Waals surface area (Å²) in [4.78, 5) is 21.3. The molecule has 5 aromatic rings. The van der Waals surface area contributed by atoms with E-state index in [2.05, 4.69) is 96.5 Å². The lowest BCUT2D eigenvalue weighted by Gasteiger charge is -2.35. The minimum Gasteiger partial charge on any atom is -0.358 e. The second kappa shape index (κ2) is 11.1. The summed E-state index contributed by atoms with van der Waals surface area (Å²) in [5.41, 5.74) is 8.39. The van der Waals surface area contributed by atoms with Crippen LogP contribution in [0.4, 0.5) is 0 Å². The van der Waals surface area contributed by atoms with E-state index in [1.54, 1.807) is 0 Å². The summed E-state index contributed by atoms with van der Waals surface area (Å²) in [6, 6.07) is 30.1.